The number of carboxylic acids is 2. The van der Waals surface area contributed by atoms with Crippen LogP contribution in [0.2, 0.25) is 0 Å². The Morgan fingerprint density at radius 3 is 1.08 bits per heavy atom. The molecule has 0 atom stereocenters. The number of nitrogens with zero attached hydrogens (tertiary/aromatic N) is 12. The van der Waals surface area contributed by atoms with Crippen LogP contribution >= 0.6 is 47.8 Å². The number of hydrogen-bond donors (Lipinski definition) is 6. The van der Waals surface area contributed by atoms with Gasteiger partial charge in [0.25, 0.3) is 0 Å². The summed E-state index contributed by atoms with van der Waals surface area (Å²) in [6.07, 6.45) is 35.6. The zero-order valence-electron chi connectivity index (χ0n) is 78.6. The third kappa shape index (κ3) is 33.1. The van der Waals surface area contributed by atoms with E-state index in [4.69, 9.17) is 49.9 Å². The number of aromatic nitrogens is 10. The molecule has 0 unspecified atom stereocenters. The predicted octanol–water partition coefficient (Wildman–Crippen LogP) is 16.9. The van der Waals surface area contributed by atoms with Crippen molar-refractivity contribution in [2.45, 2.75) is 156 Å². The van der Waals surface area contributed by atoms with E-state index in [1.54, 1.807) is 99.6 Å². The molecule has 10 aromatic heterocycles. The summed E-state index contributed by atoms with van der Waals surface area (Å²) < 4.78 is 35.7. The first kappa shape index (κ1) is 105. The molecule has 141 heavy (non-hydrogen) atoms. The molecular formula is C105H108BBr3N16O16. The maximum absolute atomic E-state index is 12.2. The minimum absolute atomic E-state index is 0.0203. The lowest BCUT2D eigenvalue weighted by Gasteiger charge is -2.32. The van der Waals surface area contributed by atoms with E-state index in [1.165, 1.54) is 33.5 Å². The third-order valence-corrected chi connectivity index (χ3v) is 24.0. The van der Waals surface area contributed by atoms with E-state index in [1.807, 2.05) is 167 Å². The molecule has 728 valence electrons. The number of rotatable bonds is 23. The largest absolute Gasteiger partial charge is 0.496 e. The second-order valence-electron chi connectivity index (χ2n) is 34.1. The van der Waals surface area contributed by atoms with Gasteiger partial charge in [-0.1, -0.05) is 97.1 Å². The van der Waals surface area contributed by atoms with Crippen LogP contribution in [-0.2, 0) is 141 Å². The van der Waals surface area contributed by atoms with Gasteiger partial charge in [-0.25, -0.2) is 29.5 Å². The van der Waals surface area contributed by atoms with Crippen molar-refractivity contribution in [2.75, 3.05) is 53.2 Å². The van der Waals surface area contributed by atoms with Crippen molar-refractivity contribution in [1.29, 1.82) is 0 Å². The number of pyridine rings is 10. The second kappa shape index (κ2) is 52.5. The van der Waals surface area contributed by atoms with E-state index in [0.717, 1.165) is 172 Å². The average Bonchev–Trinajstić information content (AvgIpc) is 1.64. The van der Waals surface area contributed by atoms with Gasteiger partial charge in [-0.05, 0) is 261 Å². The Kier molecular flexibility index (Phi) is 39.3. The van der Waals surface area contributed by atoms with Crippen LogP contribution in [0.5, 0.6) is 0 Å². The Morgan fingerprint density at radius 1 is 0.369 bits per heavy atom. The lowest BCUT2D eigenvalue weighted by Crippen LogP contribution is -2.41. The number of aryl methyl sites for hydroxylation is 4. The van der Waals surface area contributed by atoms with Gasteiger partial charge in [0.1, 0.15) is 43.1 Å². The smallest absolute Gasteiger partial charge is 0.481 e. The zero-order valence-corrected chi connectivity index (χ0v) is 83.3. The zero-order chi connectivity index (χ0) is 100. The summed E-state index contributed by atoms with van der Waals surface area (Å²) in [5, 5.41) is 23.9. The third-order valence-electron chi connectivity index (χ3n) is 22.7. The van der Waals surface area contributed by atoms with Crippen LogP contribution in [0, 0.1) is 0 Å². The molecule has 4 amide bonds. The molecule has 5 aliphatic rings. The van der Waals surface area contributed by atoms with Crippen molar-refractivity contribution in [3.05, 3.63) is 337 Å². The van der Waals surface area contributed by atoms with E-state index in [9.17, 15) is 38.4 Å². The number of carbonyl (C=O) groups excluding carboxylic acids is 6. The van der Waals surface area contributed by atoms with Gasteiger partial charge in [-0.15, -0.1) is 0 Å². The molecule has 18 rings (SSSR count). The molecular weight excluding hydrogens is 1990 g/mol. The summed E-state index contributed by atoms with van der Waals surface area (Å²) in [5.74, 6) is 0.431. The second-order valence-corrected chi connectivity index (χ2v) is 36.9. The quantitative estimate of drug-likeness (QED) is 0.0197. The number of ether oxygens (including phenoxy) is 4. The number of aliphatic carboxylic acids is 2. The highest BCUT2D eigenvalue weighted by atomic mass is 79.9. The highest BCUT2D eigenvalue weighted by Gasteiger charge is 2.52. The van der Waals surface area contributed by atoms with Crippen LogP contribution in [0.15, 0.2) is 264 Å². The minimum Gasteiger partial charge on any atom is -0.481 e. The summed E-state index contributed by atoms with van der Waals surface area (Å²) in [7, 11) is -0.493. The number of carboxylic acid groups (broad SMARTS) is 2. The van der Waals surface area contributed by atoms with E-state index in [-0.39, 0.29) is 75.6 Å². The van der Waals surface area contributed by atoms with Crippen LogP contribution in [0.1, 0.15) is 133 Å². The lowest BCUT2D eigenvalue weighted by molar-refractivity contribution is -0.145. The molecule has 1 fully saturated rings. The molecule has 5 aliphatic heterocycles. The van der Waals surface area contributed by atoms with Gasteiger partial charge in [0, 0.05) is 178 Å². The number of nitrogens with two attached hydrogens (primary N) is 2. The van der Waals surface area contributed by atoms with Crippen LogP contribution in [0.3, 0.4) is 0 Å². The molecule has 13 aromatic rings. The van der Waals surface area contributed by atoms with E-state index < -0.39 is 42.3 Å². The number of nitrogens with one attached hydrogen (secondary N) is 2. The van der Waals surface area contributed by atoms with Gasteiger partial charge in [0.2, 0.25) is 0 Å². The molecule has 32 nitrogen and oxygen atoms in total. The maximum Gasteiger partial charge on any atom is 0.496 e. The minimum atomic E-state index is -0.899. The van der Waals surface area contributed by atoms with Gasteiger partial charge in [-0.3, -0.25) is 68.5 Å². The molecule has 0 aliphatic carbocycles. The van der Waals surface area contributed by atoms with Crippen molar-refractivity contribution in [2.24, 2.45) is 11.5 Å². The Labute approximate surface area is 842 Å². The standard InChI is InChI=1S/C22H21N3O2.C20H24BNO4.C18H20N4O3.C16H16N4O3.C14H12BrNO2.C8H9BrN2.C7H6BrNO2/c26-21(27-15-16-5-2-1-3-6-16)10-17-9-19(13-23-12-17)20-11-18-7-4-8-24-22(18)25-14-20;1-19(2)20(3,4)26-21(25-19)17-10-16(12-22-13-17)11-18(23)24-14-15-8-6-5-7-9-15;1-2-25-16(23)7-12-6-14(10-20-9-12)15-8-13-4-3-5-22(18(19)24)17(13)21-11-15;17-16(23)20-3-1-2-11-6-13(9-19-15(11)20)12-4-10(5-14(21)22)7-18-8-12;15-13-6-12(8-16-9-13)7-14(17)18-10-11-4-2-1-3-5-11;9-7-4-6-2-1-3-10-8(6)11-5-7;8-6-1-5(2-7(10)11)3-9-4-6/h1-3,5-6,9,11-14H,4,7-8,10,15H2,(H,24,25);5-10,12-13H,11,14H2,1-4H3;6,8-11H,2-5,7H2,1H3,(H2,19,24);4,6-9H,1-3,5H2,(H2,17,23)(H,21,22);1-6,8-9H,7,10H2;4-5H,1-3H2,(H,10,11);1,3-4H,2H2,(H,10,11). The molecule has 1 saturated heterocycles. The van der Waals surface area contributed by atoms with E-state index in [2.05, 4.69) is 120 Å². The number of urea groups is 2. The van der Waals surface area contributed by atoms with Gasteiger partial charge in [-0.2, -0.15) is 0 Å². The SMILES string of the molecule is Brc1cnc2c(c1)CCCN2.CC1(C)OB(c2cncc(CC(=O)OCc3ccccc3)c2)OC1(C)C.CCOC(=O)Cc1cncc(-c2cnc3c(c2)CCCN3C(N)=O)c1.NC(=O)N1CCCc2cc(-c3cncc(CC(=O)O)c3)cnc21.O=C(Cc1cncc(-c2cnc3c(c2)CCCN3)c1)OCc1ccccc1.O=C(Cc1cncc(Br)c1)OCc1ccccc1.O=C(O)Cc1cncc(Br)c1. The van der Waals surface area contributed by atoms with Crippen molar-refractivity contribution < 1.29 is 76.8 Å². The van der Waals surface area contributed by atoms with Gasteiger partial charge in [0.15, 0.2) is 0 Å². The number of esters is 4. The topological polar surface area (TPSA) is 444 Å². The lowest BCUT2D eigenvalue weighted by atomic mass is 9.79. The van der Waals surface area contributed by atoms with Gasteiger partial charge >= 0.3 is 55.0 Å². The summed E-state index contributed by atoms with van der Waals surface area (Å²) in [5.41, 5.74) is 28.1. The van der Waals surface area contributed by atoms with Crippen LogP contribution in [-0.4, -0.2) is 159 Å². The monoisotopic (exact) mass is 2100 g/mol. The predicted molar refractivity (Wildman–Crippen MR) is 545 cm³/mol. The van der Waals surface area contributed by atoms with Crippen molar-refractivity contribution in [1.82, 2.24) is 49.8 Å². The maximum atomic E-state index is 12.2. The highest BCUT2D eigenvalue weighted by Crippen LogP contribution is 2.38. The van der Waals surface area contributed by atoms with Crippen LogP contribution < -0.4 is 37.4 Å². The van der Waals surface area contributed by atoms with E-state index in [0.29, 0.717) is 49.1 Å². The number of halogens is 3. The first-order chi connectivity index (χ1) is 67.9. The average molecular weight is 2100 g/mol. The fourth-order valence-electron chi connectivity index (χ4n) is 15.1. The van der Waals surface area contributed by atoms with Crippen LogP contribution in [0.25, 0.3) is 33.4 Å². The Bertz CT molecular complexity index is 6470. The number of anilines is 4. The van der Waals surface area contributed by atoms with E-state index >= 15 is 0 Å². The highest BCUT2D eigenvalue weighted by molar-refractivity contribution is 9.11. The van der Waals surface area contributed by atoms with Gasteiger partial charge in [0.05, 0.1) is 56.3 Å². The van der Waals surface area contributed by atoms with Crippen molar-refractivity contribution >= 4 is 132 Å². The molecule has 0 saturated carbocycles. The Hall–Kier alpha value is -14.5. The number of amides is 4. The first-order valence-corrected chi connectivity index (χ1v) is 48.1. The molecule has 0 bridgehead atoms. The first-order valence-electron chi connectivity index (χ1n) is 45.7. The fraction of sp³-hybridized carbons (Fsp3) is 0.276. The molecule has 3 aromatic carbocycles. The van der Waals surface area contributed by atoms with Crippen molar-refractivity contribution in [3.8, 4) is 33.4 Å². The molecule has 36 heteroatoms. The number of carbonyl (C=O) groups is 8. The normalized spacial score (nSPS) is 13.5. The number of primary amides is 2. The molecule has 8 N–H and O–H groups in total. The molecule has 0 spiro atoms. The number of benzene rings is 3. The molecule has 15 heterocycles. The Morgan fingerprint density at radius 2 is 0.688 bits per heavy atom. The molecule has 0 radical (unpaired) electrons. The Balaban J connectivity index is 0.000000150. The van der Waals surface area contributed by atoms with Crippen LogP contribution in [0.4, 0.5) is 32.9 Å². The van der Waals surface area contributed by atoms with Crippen molar-refractivity contribution in [3.63, 3.8) is 0 Å². The summed E-state index contributed by atoms with van der Waals surface area (Å²) >= 11 is 9.91. The fourth-order valence-corrected chi connectivity index (χ4v) is 16.3. The number of fused-ring (bicyclic) bond motifs is 4. The summed E-state index contributed by atoms with van der Waals surface area (Å²) in [4.78, 5) is 137. The van der Waals surface area contributed by atoms with Gasteiger partial charge < -0.3 is 60.6 Å². The number of hydrogen-bond acceptors (Lipinski definition) is 26. The summed E-state index contributed by atoms with van der Waals surface area (Å²) in [6, 6.07) is 47.3. The summed E-state index contributed by atoms with van der Waals surface area (Å²) in [6.45, 7) is 14.2.